The quantitative estimate of drug-likeness (QED) is 0.755. The fraction of sp³-hybridized carbons (Fsp3) is 0.769. The van der Waals surface area contributed by atoms with Gasteiger partial charge in [-0.05, 0) is 25.2 Å². The minimum atomic E-state index is -0.809. The monoisotopic (exact) mass is 286 g/mol. The molecule has 7 heteroatoms. The maximum absolute atomic E-state index is 12.2. The van der Waals surface area contributed by atoms with E-state index in [1.807, 2.05) is 0 Å². The Kier molecular flexibility index (Phi) is 6.27. The van der Waals surface area contributed by atoms with E-state index in [1.165, 1.54) is 12.0 Å². The summed E-state index contributed by atoms with van der Waals surface area (Å²) in [5.74, 6) is -1.05. The van der Waals surface area contributed by atoms with Crippen LogP contribution < -0.4 is 0 Å². The van der Waals surface area contributed by atoms with Crippen molar-refractivity contribution in [2.75, 3.05) is 33.8 Å². The van der Waals surface area contributed by atoms with Crippen LogP contribution in [0, 0.1) is 5.92 Å². The molecule has 0 bridgehead atoms. The van der Waals surface area contributed by atoms with E-state index in [0.717, 1.165) is 12.8 Å². The van der Waals surface area contributed by atoms with Gasteiger partial charge in [0.15, 0.2) is 0 Å². The SMILES string of the molecule is COC(=O)CN(C)C(=O)N1CCCC(CCC(=O)O)C1. The summed E-state index contributed by atoms with van der Waals surface area (Å²) in [4.78, 5) is 36.9. The zero-order valence-electron chi connectivity index (χ0n) is 12.0. The number of hydrogen-bond donors (Lipinski definition) is 1. The zero-order valence-corrected chi connectivity index (χ0v) is 12.0. The lowest BCUT2D eigenvalue weighted by Crippen LogP contribution is -2.47. The Hall–Kier alpha value is -1.79. The van der Waals surface area contributed by atoms with Crippen LogP contribution in [0.25, 0.3) is 0 Å². The molecule has 1 N–H and O–H groups in total. The zero-order chi connectivity index (χ0) is 15.1. The molecule has 0 aliphatic carbocycles. The van der Waals surface area contributed by atoms with Crippen LogP contribution in [0.4, 0.5) is 4.79 Å². The number of aliphatic carboxylic acids is 1. The van der Waals surface area contributed by atoms with E-state index in [4.69, 9.17) is 5.11 Å². The summed E-state index contributed by atoms with van der Waals surface area (Å²) >= 11 is 0. The number of esters is 1. The van der Waals surface area contributed by atoms with E-state index >= 15 is 0 Å². The summed E-state index contributed by atoms with van der Waals surface area (Å²) in [5, 5.41) is 8.69. The molecule has 1 aliphatic heterocycles. The molecule has 20 heavy (non-hydrogen) atoms. The van der Waals surface area contributed by atoms with Gasteiger partial charge in [-0.25, -0.2) is 4.79 Å². The van der Waals surface area contributed by atoms with Crippen molar-refractivity contribution in [3.8, 4) is 0 Å². The van der Waals surface area contributed by atoms with Crippen molar-refractivity contribution in [1.82, 2.24) is 9.80 Å². The Bertz CT molecular complexity index is 372. The summed E-state index contributed by atoms with van der Waals surface area (Å²) in [5.41, 5.74) is 0. The topological polar surface area (TPSA) is 87.2 Å². The summed E-state index contributed by atoms with van der Waals surface area (Å²) < 4.78 is 4.53. The van der Waals surface area contributed by atoms with Gasteiger partial charge in [0, 0.05) is 26.6 Å². The summed E-state index contributed by atoms with van der Waals surface area (Å²) in [6.07, 6.45) is 2.52. The lowest BCUT2D eigenvalue weighted by atomic mass is 9.93. The number of rotatable bonds is 5. The van der Waals surface area contributed by atoms with Crippen LogP contribution in [-0.4, -0.2) is 66.7 Å². The van der Waals surface area contributed by atoms with Crippen LogP contribution in [-0.2, 0) is 14.3 Å². The van der Waals surface area contributed by atoms with Gasteiger partial charge >= 0.3 is 18.0 Å². The molecular weight excluding hydrogens is 264 g/mol. The summed E-state index contributed by atoms with van der Waals surface area (Å²) in [6.45, 7) is 1.12. The number of likely N-dealkylation sites (N-methyl/N-ethyl adjacent to an activating group) is 1. The number of hydrogen-bond acceptors (Lipinski definition) is 4. The Morgan fingerprint density at radius 2 is 2.10 bits per heavy atom. The first-order valence-corrected chi connectivity index (χ1v) is 6.72. The second-order valence-electron chi connectivity index (χ2n) is 5.10. The van der Waals surface area contributed by atoms with Crippen molar-refractivity contribution < 1.29 is 24.2 Å². The largest absolute Gasteiger partial charge is 0.481 e. The number of carboxylic acids is 1. The highest BCUT2D eigenvalue weighted by atomic mass is 16.5. The molecule has 7 nitrogen and oxygen atoms in total. The molecule has 0 spiro atoms. The van der Waals surface area contributed by atoms with Crippen molar-refractivity contribution in [3.63, 3.8) is 0 Å². The van der Waals surface area contributed by atoms with Gasteiger partial charge in [0.25, 0.3) is 0 Å². The van der Waals surface area contributed by atoms with E-state index in [9.17, 15) is 14.4 Å². The van der Waals surface area contributed by atoms with E-state index < -0.39 is 11.9 Å². The number of carboxylic acid groups (broad SMARTS) is 1. The third kappa shape index (κ3) is 5.07. The van der Waals surface area contributed by atoms with Gasteiger partial charge in [-0.1, -0.05) is 0 Å². The van der Waals surface area contributed by atoms with Gasteiger partial charge in [0.2, 0.25) is 0 Å². The maximum Gasteiger partial charge on any atom is 0.325 e. The van der Waals surface area contributed by atoms with Gasteiger partial charge < -0.3 is 19.6 Å². The lowest BCUT2D eigenvalue weighted by Gasteiger charge is -2.35. The van der Waals surface area contributed by atoms with Crippen LogP contribution in [0.2, 0.25) is 0 Å². The molecule has 1 atom stereocenters. The van der Waals surface area contributed by atoms with Crippen LogP contribution in [0.3, 0.4) is 0 Å². The number of carbonyl (C=O) groups excluding carboxylic acids is 2. The molecule has 0 aromatic heterocycles. The van der Waals surface area contributed by atoms with Crippen LogP contribution in [0.5, 0.6) is 0 Å². The molecule has 0 radical (unpaired) electrons. The third-order valence-corrected chi connectivity index (χ3v) is 3.48. The summed E-state index contributed by atoms with van der Waals surface area (Å²) in [6, 6.07) is -0.213. The first-order chi connectivity index (χ1) is 9.43. The molecule has 1 fully saturated rings. The van der Waals surface area contributed by atoms with E-state index in [0.29, 0.717) is 19.5 Å². The Labute approximate surface area is 118 Å². The van der Waals surface area contributed by atoms with Gasteiger partial charge in [-0.2, -0.15) is 0 Å². The molecule has 2 amide bonds. The fourth-order valence-corrected chi connectivity index (χ4v) is 2.37. The van der Waals surface area contributed by atoms with Crippen molar-refractivity contribution >= 4 is 18.0 Å². The second-order valence-corrected chi connectivity index (χ2v) is 5.10. The highest BCUT2D eigenvalue weighted by molar-refractivity contribution is 5.80. The molecule has 1 heterocycles. The van der Waals surface area contributed by atoms with Crippen LogP contribution in [0.1, 0.15) is 25.7 Å². The number of amides is 2. The second kappa shape index (κ2) is 7.72. The molecule has 1 unspecified atom stereocenters. The average molecular weight is 286 g/mol. The normalized spacial score (nSPS) is 18.5. The minimum absolute atomic E-state index is 0.0778. The van der Waals surface area contributed by atoms with Crippen molar-refractivity contribution in [1.29, 1.82) is 0 Å². The van der Waals surface area contributed by atoms with Crippen molar-refractivity contribution in [3.05, 3.63) is 0 Å². The predicted octanol–water partition coefficient (Wildman–Crippen LogP) is 0.788. The van der Waals surface area contributed by atoms with Gasteiger partial charge in [0.05, 0.1) is 7.11 Å². The number of likely N-dealkylation sites (tertiary alicyclic amines) is 1. The molecular formula is C13H22N2O5. The fourth-order valence-electron chi connectivity index (χ4n) is 2.37. The average Bonchev–Trinajstić information content (AvgIpc) is 2.44. The lowest BCUT2D eigenvalue weighted by molar-refractivity contribution is -0.141. The molecule has 114 valence electrons. The standard InChI is InChI=1S/C13H22N2O5/c1-14(9-12(18)20-2)13(19)15-7-3-4-10(8-15)5-6-11(16)17/h10H,3-9H2,1-2H3,(H,16,17). The number of urea groups is 1. The number of piperidine rings is 1. The third-order valence-electron chi connectivity index (χ3n) is 3.48. The smallest absolute Gasteiger partial charge is 0.325 e. The molecule has 1 saturated heterocycles. The van der Waals surface area contributed by atoms with Crippen molar-refractivity contribution in [2.45, 2.75) is 25.7 Å². The highest BCUT2D eigenvalue weighted by Crippen LogP contribution is 2.21. The minimum Gasteiger partial charge on any atom is -0.481 e. The van der Waals surface area contributed by atoms with Gasteiger partial charge in [-0.15, -0.1) is 0 Å². The number of nitrogens with zero attached hydrogens (tertiary/aromatic N) is 2. The van der Waals surface area contributed by atoms with Crippen molar-refractivity contribution in [2.24, 2.45) is 5.92 Å². The van der Waals surface area contributed by atoms with E-state index in [-0.39, 0.29) is 24.9 Å². The number of methoxy groups -OCH3 is 1. The molecule has 1 rings (SSSR count). The van der Waals surface area contributed by atoms with E-state index in [1.54, 1.807) is 11.9 Å². The Morgan fingerprint density at radius 1 is 1.40 bits per heavy atom. The van der Waals surface area contributed by atoms with Gasteiger partial charge in [0.1, 0.15) is 6.54 Å². The maximum atomic E-state index is 12.2. The molecule has 0 aromatic carbocycles. The number of ether oxygens (including phenoxy) is 1. The van der Waals surface area contributed by atoms with Crippen LogP contribution in [0.15, 0.2) is 0 Å². The summed E-state index contributed by atoms with van der Waals surface area (Å²) in [7, 11) is 2.84. The van der Waals surface area contributed by atoms with E-state index in [2.05, 4.69) is 4.74 Å². The Morgan fingerprint density at radius 3 is 2.70 bits per heavy atom. The first kappa shape index (κ1) is 16.3. The van der Waals surface area contributed by atoms with Gasteiger partial charge in [-0.3, -0.25) is 9.59 Å². The highest BCUT2D eigenvalue weighted by Gasteiger charge is 2.26. The number of carbonyl (C=O) groups is 3. The molecule has 1 aliphatic rings. The predicted molar refractivity (Wildman–Crippen MR) is 71.2 cm³/mol. The Balaban J connectivity index is 2.47. The first-order valence-electron chi connectivity index (χ1n) is 6.72. The molecule has 0 saturated carbocycles. The molecule has 0 aromatic rings. The van der Waals surface area contributed by atoms with Crippen LogP contribution >= 0.6 is 0 Å².